The lowest BCUT2D eigenvalue weighted by molar-refractivity contribution is -0.117. The van der Waals surface area contributed by atoms with Crippen LogP contribution in [0.2, 0.25) is 0 Å². The standard InChI is InChI=1S/C28H28I6N4O10S.2C7H17NO5/c1-5-37(11(3)39)25-19(31)15(27(43)44)17(29)23(21(25)33)35-13(41)7-9-49(47,48)10-8-14(42)36-24-18(30)16(28(45)46)20(32)26(22(24)34)38(6-2)12(4)40;2*1-8-2-4(10)6(12)7(13)5(11)3-9/h5-10H2,1-4H3,(H,35,41)(H,36,42)(H,43,44)(H,45,46);2*4-13H,2-3H2,1H3/t;2*4-,5+,6+,7+/m.00/s1. The van der Waals surface area contributed by atoms with Crippen LogP contribution in [0.4, 0.5) is 22.7 Å². The molecule has 33 heteroatoms. The molecule has 0 aliphatic carbocycles. The van der Waals surface area contributed by atoms with Crippen molar-refractivity contribution in [1.29, 1.82) is 0 Å². The molecule has 75 heavy (non-hydrogen) atoms. The molecule has 2 aromatic carbocycles. The highest BCUT2D eigenvalue weighted by atomic mass is 127. The third kappa shape index (κ3) is 22.2. The molecule has 0 aliphatic rings. The number of nitrogens with zero attached hydrogens (tertiary/aromatic N) is 2. The van der Waals surface area contributed by atoms with Gasteiger partial charge in [0.2, 0.25) is 23.6 Å². The van der Waals surface area contributed by atoms with Crippen molar-refractivity contribution in [3.05, 3.63) is 32.5 Å². The van der Waals surface area contributed by atoms with Gasteiger partial charge in [-0.2, -0.15) is 0 Å². The van der Waals surface area contributed by atoms with Crippen LogP contribution in [0.25, 0.3) is 0 Å². The number of carboxylic acid groups (broad SMARTS) is 2. The van der Waals surface area contributed by atoms with Gasteiger partial charge in [-0.05, 0) is 163 Å². The largest absolute Gasteiger partial charge is 0.478 e. The maximum absolute atomic E-state index is 13.0. The molecule has 0 saturated carbocycles. The molecule has 0 bridgehead atoms. The summed E-state index contributed by atoms with van der Waals surface area (Å²) in [5.74, 6) is -5.89. The summed E-state index contributed by atoms with van der Waals surface area (Å²) in [5.41, 5.74) is 0.647. The zero-order valence-electron chi connectivity index (χ0n) is 40.9. The molecule has 0 spiro atoms. The van der Waals surface area contributed by atoms with E-state index in [2.05, 4.69) is 21.3 Å². The Hall–Kier alpha value is -0.890. The van der Waals surface area contributed by atoms with Crippen molar-refractivity contribution in [3.63, 3.8) is 0 Å². The second-order valence-corrected chi connectivity index (χ2v) is 24.5. The highest BCUT2D eigenvalue weighted by molar-refractivity contribution is 14.1. The molecule has 0 saturated heterocycles. The number of carbonyl (C=O) groups excluding carboxylic acids is 4. The van der Waals surface area contributed by atoms with E-state index in [9.17, 15) is 57.6 Å². The number of carbonyl (C=O) groups is 6. The number of aliphatic hydroxyl groups excluding tert-OH is 10. The Morgan fingerprint density at radius 2 is 0.787 bits per heavy atom. The third-order valence-electron chi connectivity index (χ3n) is 10.2. The molecule has 4 amide bonds. The molecule has 0 aromatic heterocycles. The van der Waals surface area contributed by atoms with Crippen molar-refractivity contribution in [3.8, 4) is 0 Å². The maximum atomic E-state index is 13.0. The lowest BCUT2D eigenvalue weighted by atomic mass is 10.0. The van der Waals surface area contributed by atoms with Gasteiger partial charge in [-0.3, -0.25) is 19.2 Å². The summed E-state index contributed by atoms with van der Waals surface area (Å²) in [7, 11) is -0.804. The van der Waals surface area contributed by atoms with Gasteiger partial charge in [0.05, 0.1) is 92.2 Å². The Morgan fingerprint density at radius 3 is 1.01 bits per heavy atom. The van der Waals surface area contributed by atoms with Crippen molar-refractivity contribution < 1.29 is 98.5 Å². The van der Waals surface area contributed by atoms with Crippen molar-refractivity contribution in [1.82, 2.24) is 10.6 Å². The second kappa shape index (κ2) is 35.8. The van der Waals surface area contributed by atoms with Crippen LogP contribution in [0.3, 0.4) is 0 Å². The Morgan fingerprint density at radius 1 is 0.507 bits per heavy atom. The van der Waals surface area contributed by atoms with Gasteiger partial charge >= 0.3 is 11.9 Å². The minimum absolute atomic E-state index is 0.0936. The van der Waals surface area contributed by atoms with Gasteiger partial charge in [-0.25, -0.2) is 18.0 Å². The van der Waals surface area contributed by atoms with E-state index < -0.39 is 120 Å². The van der Waals surface area contributed by atoms with E-state index in [1.54, 1.807) is 73.1 Å². The molecule has 0 radical (unpaired) electrons. The lowest BCUT2D eigenvalue weighted by Gasteiger charge is -2.26. The predicted octanol–water partition coefficient (Wildman–Crippen LogP) is -0.488. The molecule has 0 unspecified atom stereocenters. The minimum atomic E-state index is -3.95. The van der Waals surface area contributed by atoms with Gasteiger partial charge in [-0.1, -0.05) is 0 Å². The lowest BCUT2D eigenvalue weighted by Crippen LogP contribution is -2.48. The van der Waals surface area contributed by atoms with E-state index in [0.717, 1.165) is 0 Å². The van der Waals surface area contributed by atoms with Gasteiger partial charge in [-0.15, -0.1) is 0 Å². The number of aromatic carboxylic acids is 2. The quantitative estimate of drug-likeness (QED) is 0.0529. The van der Waals surface area contributed by atoms with Crippen LogP contribution in [0.1, 0.15) is 61.3 Å². The van der Waals surface area contributed by atoms with E-state index in [1.807, 2.05) is 90.4 Å². The number of amides is 4. The highest BCUT2D eigenvalue weighted by Crippen LogP contribution is 2.42. The summed E-state index contributed by atoms with van der Waals surface area (Å²) in [5, 5.41) is 120. The molecule has 8 atom stereocenters. The van der Waals surface area contributed by atoms with Crippen LogP contribution in [-0.4, -0.2) is 219 Å². The summed E-state index contributed by atoms with van der Waals surface area (Å²) in [4.78, 5) is 77.6. The fraction of sp³-hybridized carbons (Fsp3) is 0.571. The second-order valence-electron chi connectivity index (χ2n) is 15.7. The summed E-state index contributed by atoms with van der Waals surface area (Å²) < 4.78 is 27.6. The number of hydrogen-bond donors (Lipinski definition) is 16. The average molecular weight is 1760 g/mol. The van der Waals surface area contributed by atoms with Crippen molar-refractivity contribution in [2.24, 2.45) is 0 Å². The molecule has 428 valence electrons. The number of halogens is 6. The van der Waals surface area contributed by atoms with Crippen molar-refractivity contribution in [2.45, 2.75) is 89.4 Å². The molecule has 16 N–H and O–H groups in total. The van der Waals surface area contributed by atoms with Crippen molar-refractivity contribution in [2.75, 3.05) is 85.4 Å². The van der Waals surface area contributed by atoms with Gasteiger partial charge in [0.15, 0.2) is 9.84 Å². The Balaban J connectivity index is 0.00000171. The zero-order valence-corrected chi connectivity index (χ0v) is 54.7. The first-order valence-corrected chi connectivity index (χ1v) is 30.2. The normalized spacial score (nSPS) is 14.5. The number of carboxylic acids is 2. The number of benzene rings is 2. The van der Waals surface area contributed by atoms with E-state index >= 15 is 0 Å². The van der Waals surface area contributed by atoms with E-state index in [1.165, 1.54) is 23.6 Å². The maximum Gasteiger partial charge on any atom is 0.338 e. The van der Waals surface area contributed by atoms with Crippen LogP contribution in [0.15, 0.2) is 0 Å². The summed E-state index contributed by atoms with van der Waals surface area (Å²) >= 11 is 11.1. The molecule has 0 fully saturated rings. The number of nitrogens with one attached hydrogen (secondary N) is 4. The molecular weight excluding hydrogens is 1700 g/mol. The van der Waals surface area contributed by atoms with Gasteiger partial charge in [0.1, 0.15) is 36.6 Å². The first-order chi connectivity index (χ1) is 34.7. The molecule has 2 rings (SSSR count). The first kappa shape index (κ1) is 74.1. The number of anilines is 4. The molecule has 26 nitrogen and oxygen atoms in total. The fourth-order valence-electron chi connectivity index (χ4n) is 6.24. The fourth-order valence-corrected chi connectivity index (χ4v) is 16.4. The smallest absolute Gasteiger partial charge is 0.338 e. The number of likely N-dealkylation sites (N-methyl/N-ethyl adjacent to an activating group) is 2. The topological polar surface area (TPSA) is 434 Å². The van der Waals surface area contributed by atoms with Crippen LogP contribution in [-0.2, 0) is 29.0 Å². The molecule has 0 heterocycles. The predicted molar refractivity (Wildman–Crippen MR) is 326 cm³/mol. The van der Waals surface area contributed by atoms with Crippen LogP contribution in [0.5, 0.6) is 0 Å². The first-order valence-electron chi connectivity index (χ1n) is 21.9. The average Bonchev–Trinajstić information content (AvgIpc) is 3.34. The molecule has 2 aromatic rings. The Kier molecular flexibility index (Phi) is 35.3. The van der Waals surface area contributed by atoms with E-state index in [-0.39, 0.29) is 67.6 Å². The van der Waals surface area contributed by atoms with Gasteiger partial charge in [0, 0.05) is 52.9 Å². The monoisotopic (exact) mass is 1760 g/mol. The van der Waals surface area contributed by atoms with Crippen molar-refractivity contribution >= 4 is 204 Å². The summed E-state index contributed by atoms with van der Waals surface area (Å²) in [6, 6.07) is 0. The van der Waals surface area contributed by atoms with Gasteiger partial charge < -0.3 is 92.3 Å². The SMILES string of the molecule is CCN(C(C)=O)c1c(I)c(NC(=O)CCS(=O)(=O)CCC(=O)Nc2c(I)c(C(=O)O)c(I)c(N(CC)C(C)=O)c2I)c(I)c(C(=O)O)c1I.CNC[C@H](O)[C@@H](O)[C@H](O)[C@H](O)CO.CNC[C@H](O)[C@@H](O)[C@H](O)[C@H](O)CO. The zero-order chi connectivity index (χ0) is 58.6. The number of rotatable bonds is 26. The van der Waals surface area contributed by atoms with E-state index in [0.29, 0.717) is 25.7 Å². The van der Waals surface area contributed by atoms with E-state index in [4.69, 9.17) is 40.9 Å². The summed E-state index contributed by atoms with van der Waals surface area (Å²) in [6.45, 7) is 5.44. The Bertz CT molecular complexity index is 2260. The third-order valence-corrected chi connectivity index (χ3v) is 18.2. The Labute approximate surface area is 514 Å². The van der Waals surface area contributed by atoms with Gasteiger partial charge in [0.25, 0.3) is 0 Å². The van der Waals surface area contributed by atoms with Crippen LogP contribution in [0, 0.1) is 21.4 Å². The minimum Gasteiger partial charge on any atom is -0.478 e. The number of sulfone groups is 1. The van der Waals surface area contributed by atoms with Crippen LogP contribution >= 0.6 is 136 Å². The molecular formula is C42H62I6N6O20S. The molecule has 0 aliphatic heterocycles. The van der Waals surface area contributed by atoms with Crippen LogP contribution < -0.4 is 31.1 Å². The number of aliphatic hydroxyl groups is 10. The highest BCUT2D eigenvalue weighted by Gasteiger charge is 2.33. The number of hydrogen-bond acceptors (Lipinski definition) is 20. The summed E-state index contributed by atoms with van der Waals surface area (Å²) in [6.07, 6.45) is -12.3.